The van der Waals surface area contributed by atoms with Gasteiger partial charge in [-0.05, 0) is 41.3 Å². The summed E-state index contributed by atoms with van der Waals surface area (Å²) < 4.78 is 2.97. The quantitative estimate of drug-likeness (QED) is 0.730. The molecule has 2 nitrogen and oxygen atoms in total. The van der Waals surface area contributed by atoms with Crippen LogP contribution in [0.1, 0.15) is 45.2 Å². The molecule has 0 radical (unpaired) electrons. The summed E-state index contributed by atoms with van der Waals surface area (Å²) in [7, 11) is 0. The van der Waals surface area contributed by atoms with Crippen LogP contribution in [0.3, 0.4) is 0 Å². The van der Waals surface area contributed by atoms with Crippen LogP contribution in [0, 0.1) is 0 Å². The summed E-state index contributed by atoms with van der Waals surface area (Å²) >= 11 is 3.54. The zero-order valence-electron chi connectivity index (χ0n) is 10.1. The highest BCUT2D eigenvalue weighted by Gasteiger charge is 2.07. The van der Waals surface area contributed by atoms with Gasteiger partial charge in [0.05, 0.1) is 0 Å². The number of nitrogens with zero attached hydrogens (tertiary/aromatic N) is 1. The van der Waals surface area contributed by atoms with E-state index < -0.39 is 0 Å². The lowest BCUT2D eigenvalue weighted by Crippen LogP contribution is -2.23. The second kappa shape index (κ2) is 6.89. The Balaban J connectivity index is 2.93. The van der Waals surface area contributed by atoms with Gasteiger partial charge in [-0.1, -0.05) is 26.7 Å². The molecule has 0 saturated carbocycles. The molecule has 0 aliphatic heterocycles. The summed E-state index contributed by atoms with van der Waals surface area (Å²) in [6, 6.07) is 3.51. The highest BCUT2D eigenvalue weighted by molar-refractivity contribution is 9.10. The van der Waals surface area contributed by atoms with Crippen LogP contribution in [0.15, 0.2) is 21.4 Å². The van der Waals surface area contributed by atoms with Gasteiger partial charge in [0.2, 0.25) is 0 Å². The van der Waals surface area contributed by atoms with Gasteiger partial charge in [0.1, 0.15) is 0 Å². The maximum Gasteiger partial charge on any atom is 0.250 e. The van der Waals surface area contributed by atoms with Crippen LogP contribution in [0.2, 0.25) is 0 Å². The normalized spacial score (nSPS) is 10.7. The van der Waals surface area contributed by atoms with E-state index in [1.807, 2.05) is 10.6 Å². The van der Waals surface area contributed by atoms with E-state index in [2.05, 4.69) is 29.8 Å². The van der Waals surface area contributed by atoms with Crippen molar-refractivity contribution in [1.82, 2.24) is 4.57 Å². The standard InChI is InChI=1S/C13H20BrNO/c1-3-5-6-7-12-11(14)8-9-13(16)15(12)10-4-2/h8-9H,3-7,10H2,1-2H3. The fourth-order valence-electron chi connectivity index (χ4n) is 1.86. The number of aromatic nitrogens is 1. The molecule has 0 aliphatic carbocycles. The zero-order valence-corrected chi connectivity index (χ0v) is 11.7. The molecule has 1 aromatic heterocycles. The van der Waals surface area contributed by atoms with Crippen molar-refractivity contribution >= 4 is 15.9 Å². The summed E-state index contributed by atoms with van der Waals surface area (Å²) in [5.74, 6) is 0. The molecule has 0 amide bonds. The van der Waals surface area contributed by atoms with Crippen molar-refractivity contribution in [2.24, 2.45) is 0 Å². The Bertz CT molecular complexity index is 384. The van der Waals surface area contributed by atoms with Crippen LogP contribution >= 0.6 is 15.9 Å². The van der Waals surface area contributed by atoms with E-state index in [4.69, 9.17) is 0 Å². The highest BCUT2D eigenvalue weighted by Crippen LogP contribution is 2.17. The summed E-state index contributed by atoms with van der Waals surface area (Å²) in [6.45, 7) is 5.11. The number of pyridine rings is 1. The maximum absolute atomic E-state index is 11.8. The molecule has 90 valence electrons. The van der Waals surface area contributed by atoms with Crippen LogP contribution in [-0.2, 0) is 13.0 Å². The third kappa shape index (κ3) is 3.48. The molecule has 0 aromatic carbocycles. The fourth-order valence-corrected chi connectivity index (χ4v) is 2.40. The second-order valence-corrected chi connectivity index (χ2v) is 4.93. The predicted octanol–water partition coefficient (Wildman–Crippen LogP) is 3.75. The molecule has 0 saturated heterocycles. The van der Waals surface area contributed by atoms with E-state index in [-0.39, 0.29) is 5.56 Å². The zero-order chi connectivity index (χ0) is 12.0. The van der Waals surface area contributed by atoms with E-state index in [0.717, 1.165) is 36.0 Å². The predicted molar refractivity (Wildman–Crippen MR) is 71.9 cm³/mol. The van der Waals surface area contributed by atoms with Gasteiger partial charge in [0, 0.05) is 22.8 Å². The smallest absolute Gasteiger partial charge is 0.250 e. The Morgan fingerprint density at radius 2 is 1.94 bits per heavy atom. The van der Waals surface area contributed by atoms with E-state index in [1.54, 1.807) is 6.07 Å². The van der Waals surface area contributed by atoms with Crippen LogP contribution in [-0.4, -0.2) is 4.57 Å². The van der Waals surface area contributed by atoms with E-state index in [1.165, 1.54) is 12.8 Å². The van der Waals surface area contributed by atoms with Crippen molar-refractivity contribution in [1.29, 1.82) is 0 Å². The van der Waals surface area contributed by atoms with Crippen molar-refractivity contribution in [2.75, 3.05) is 0 Å². The van der Waals surface area contributed by atoms with Gasteiger partial charge in [-0.15, -0.1) is 0 Å². The van der Waals surface area contributed by atoms with Crippen molar-refractivity contribution < 1.29 is 0 Å². The molecule has 1 heterocycles. The third-order valence-electron chi connectivity index (χ3n) is 2.70. The first-order valence-electron chi connectivity index (χ1n) is 6.08. The molecule has 0 atom stereocenters. The largest absolute Gasteiger partial charge is 0.312 e. The molecule has 1 aromatic rings. The molecule has 0 spiro atoms. The fraction of sp³-hybridized carbons (Fsp3) is 0.615. The Labute approximate surface area is 106 Å². The minimum atomic E-state index is 0.122. The third-order valence-corrected chi connectivity index (χ3v) is 3.43. The van der Waals surface area contributed by atoms with Gasteiger partial charge in [-0.2, -0.15) is 0 Å². The highest BCUT2D eigenvalue weighted by atomic mass is 79.9. The molecule has 0 aliphatic rings. The summed E-state index contributed by atoms with van der Waals surface area (Å²) in [5, 5.41) is 0. The minimum absolute atomic E-state index is 0.122. The Hall–Kier alpha value is -0.570. The van der Waals surface area contributed by atoms with Gasteiger partial charge in [-0.3, -0.25) is 4.79 Å². The van der Waals surface area contributed by atoms with Crippen LogP contribution in [0.5, 0.6) is 0 Å². The van der Waals surface area contributed by atoms with Gasteiger partial charge < -0.3 is 4.57 Å². The molecule has 1 rings (SSSR count). The number of rotatable bonds is 6. The van der Waals surface area contributed by atoms with E-state index in [0.29, 0.717) is 0 Å². The lowest BCUT2D eigenvalue weighted by Gasteiger charge is -2.13. The van der Waals surface area contributed by atoms with Crippen molar-refractivity contribution in [3.63, 3.8) is 0 Å². The van der Waals surface area contributed by atoms with E-state index >= 15 is 0 Å². The molecule has 0 fully saturated rings. The summed E-state index contributed by atoms with van der Waals surface area (Å²) in [5.41, 5.74) is 1.28. The van der Waals surface area contributed by atoms with Gasteiger partial charge in [-0.25, -0.2) is 0 Å². The number of halogens is 1. The molecule has 16 heavy (non-hydrogen) atoms. The first kappa shape index (κ1) is 13.5. The first-order chi connectivity index (χ1) is 7.70. The molecule has 3 heteroatoms. The Kier molecular flexibility index (Phi) is 5.81. The van der Waals surface area contributed by atoms with Crippen molar-refractivity contribution in [2.45, 2.75) is 52.5 Å². The molecule has 0 unspecified atom stereocenters. The lowest BCUT2D eigenvalue weighted by molar-refractivity contribution is 0.594. The summed E-state index contributed by atoms with van der Waals surface area (Å²) in [6.07, 6.45) is 5.58. The number of unbranched alkanes of at least 4 members (excludes halogenated alkanes) is 2. The van der Waals surface area contributed by atoms with Gasteiger partial charge in [0.25, 0.3) is 5.56 Å². The van der Waals surface area contributed by atoms with Crippen LogP contribution in [0.4, 0.5) is 0 Å². The summed E-state index contributed by atoms with van der Waals surface area (Å²) in [4.78, 5) is 11.8. The minimum Gasteiger partial charge on any atom is -0.312 e. The number of hydrogen-bond donors (Lipinski definition) is 0. The number of hydrogen-bond acceptors (Lipinski definition) is 1. The molecular weight excluding hydrogens is 266 g/mol. The average molecular weight is 286 g/mol. The molecule has 0 bridgehead atoms. The topological polar surface area (TPSA) is 22.0 Å². The van der Waals surface area contributed by atoms with Crippen molar-refractivity contribution in [3.8, 4) is 0 Å². The first-order valence-corrected chi connectivity index (χ1v) is 6.88. The Morgan fingerprint density at radius 1 is 1.19 bits per heavy atom. The van der Waals surface area contributed by atoms with Crippen molar-refractivity contribution in [3.05, 3.63) is 32.7 Å². The SMILES string of the molecule is CCCCCc1c(Br)ccc(=O)n1CCC. The monoisotopic (exact) mass is 285 g/mol. The van der Waals surface area contributed by atoms with E-state index in [9.17, 15) is 4.79 Å². The lowest BCUT2D eigenvalue weighted by atomic mass is 10.1. The Morgan fingerprint density at radius 3 is 2.56 bits per heavy atom. The maximum atomic E-state index is 11.8. The van der Waals surface area contributed by atoms with Gasteiger partial charge in [0.15, 0.2) is 0 Å². The molecule has 0 N–H and O–H groups in total. The average Bonchev–Trinajstić information content (AvgIpc) is 2.27. The van der Waals surface area contributed by atoms with Crippen LogP contribution in [0.25, 0.3) is 0 Å². The second-order valence-electron chi connectivity index (χ2n) is 4.07. The molecular formula is C13H20BrNO. The van der Waals surface area contributed by atoms with Crippen LogP contribution < -0.4 is 5.56 Å². The van der Waals surface area contributed by atoms with Gasteiger partial charge >= 0.3 is 0 Å².